The summed E-state index contributed by atoms with van der Waals surface area (Å²) in [6.45, 7) is 0. The van der Waals surface area contributed by atoms with E-state index in [9.17, 15) is 13.6 Å². The number of halogens is 3. The van der Waals surface area contributed by atoms with Gasteiger partial charge in [-0.2, -0.15) is 0 Å². The molecule has 6 heteroatoms. The lowest BCUT2D eigenvalue weighted by Gasteiger charge is -2.13. The number of benzene rings is 1. The Morgan fingerprint density at radius 2 is 1.95 bits per heavy atom. The van der Waals surface area contributed by atoms with Crippen LogP contribution in [0.2, 0.25) is 0 Å². The molecule has 0 aliphatic rings. The van der Waals surface area contributed by atoms with Gasteiger partial charge in [0.1, 0.15) is 5.92 Å². The number of carbonyl (C=O) groups is 1. The van der Waals surface area contributed by atoms with Crippen LogP contribution in [0.25, 0.3) is 0 Å². The van der Waals surface area contributed by atoms with Crippen molar-refractivity contribution in [1.82, 2.24) is 4.98 Å². The van der Waals surface area contributed by atoms with Crippen LogP contribution in [0.3, 0.4) is 0 Å². The van der Waals surface area contributed by atoms with E-state index in [1.165, 1.54) is 12.3 Å². The van der Waals surface area contributed by atoms with Gasteiger partial charge >= 0.3 is 0 Å². The number of carbonyl (C=O) groups excluding carboxylic acids is 1. The summed E-state index contributed by atoms with van der Waals surface area (Å²) in [4.78, 5) is 15.6. The van der Waals surface area contributed by atoms with E-state index in [0.29, 0.717) is 10.2 Å². The van der Waals surface area contributed by atoms with Gasteiger partial charge in [0.05, 0.1) is 5.69 Å². The normalized spacial score (nSPS) is 12.2. The summed E-state index contributed by atoms with van der Waals surface area (Å²) in [6, 6.07) is 6.52. The third kappa shape index (κ3) is 2.96. The van der Waals surface area contributed by atoms with E-state index >= 15 is 0 Å². The highest BCUT2D eigenvalue weighted by molar-refractivity contribution is 9.10. The molecule has 1 atom stereocenters. The fraction of sp³-hybridized carbons (Fsp3) is 0.0769. The third-order valence-corrected chi connectivity index (χ3v) is 3.09. The second-order valence-corrected chi connectivity index (χ2v) is 4.82. The molecule has 0 fully saturated rings. The zero-order valence-corrected chi connectivity index (χ0v) is 11.2. The van der Waals surface area contributed by atoms with E-state index < -0.39 is 23.5 Å². The van der Waals surface area contributed by atoms with Crippen LogP contribution in [-0.4, -0.2) is 10.9 Å². The lowest BCUT2D eigenvalue weighted by atomic mass is 9.94. The highest BCUT2D eigenvalue weighted by Gasteiger charge is 2.23. The Labute approximate surface area is 116 Å². The molecule has 2 rings (SSSR count). The molecule has 1 aromatic carbocycles. The molecule has 1 aromatic heterocycles. The highest BCUT2D eigenvalue weighted by Crippen LogP contribution is 2.26. The number of primary amides is 1. The zero-order chi connectivity index (χ0) is 14.0. The molecule has 0 aliphatic heterocycles. The van der Waals surface area contributed by atoms with Gasteiger partial charge < -0.3 is 5.73 Å². The Morgan fingerprint density at radius 3 is 2.53 bits per heavy atom. The number of amides is 1. The molecule has 1 amide bonds. The van der Waals surface area contributed by atoms with E-state index in [2.05, 4.69) is 20.9 Å². The lowest BCUT2D eigenvalue weighted by Crippen LogP contribution is -2.23. The molecule has 0 radical (unpaired) electrons. The van der Waals surface area contributed by atoms with Crippen LogP contribution in [0.4, 0.5) is 8.78 Å². The molecule has 1 unspecified atom stereocenters. The number of hydrogen-bond acceptors (Lipinski definition) is 2. The van der Waals surface area contributed by atoms with Gasteiger partial charge in [0.25, 0.3) is 0 Å². The van der Waals surface area contributed by atoms with E-state index in [-0.39, 0.29) is 5.56 Å². The summed E-state index contributed by atoms with van der Waals surface area (Å²) in [5.41, 5.74) is 5.96. The number of hydrogen-bond donors (Lipinski definition) is 1. The van der Waals surface area contributed by atoms with Gasteiger partial charge in [-0.1, -0.05) is 22.0 Å². The Bertz CT molecular complexity index is 634. The van der Waals surface area contributed by atoms with Gasteiger partial charge in [-0.25, -0.2) is 8.78 Å². The van der Waals surface area contributed by atoms with E-state index in [1.807, 2.05) is 0 Å². The topological polar surface area (TPSA) is 56.0 Å². The molecule has 2 N–H and O–H groups in total. The Hall–Kier alpha value is -1.82. The van der Waals surface area contributed by atoms with Crippen molar-refractivity contribution in [2.24, 2.45) is 5.73 Å². The second kappa shape index (κ2) is 5.44. The van der Waals surface area contributed by atoms with Crippen molar-refractivity contribution in [1.29, 1.82) is 0 Å². The van der Waals surface area contributed by atoms with Crippen LogP contribution in [0.5, 0.6) is 0 Å². The molecule has 0 saturated carbocycles. The van der Waals surface area contributed by atoms with Crippen LogP contribution < -0.4 is 5.73 Å². The van der Waals surface area contributed by atoms with Crippen molar-refractivity contribution < 1.29 is 13.6 Å². The van der Waals surface area contributed by atoms with Gasteiger partial charge in [-0.15, -0.1) is 0 Å². The summed E-state index contributed by atoms with van der Waals surface area (Å²) in [7, 11) is 0. The minimum Gasteiger partial charge on any atom is -0.369 e. The van der Waals surface area contributed by atoms with Crippen molar-refractivity contribution >= 4 is 21.8 Å². The van der Waals surface area contributed by atoms with Crippen LogP contribution in [0.15, 0.2) is 41.0 Å². The molecule has 98 valence electrons. The minimum atomic E-state index is -1.03. The van der Waals surface area contributed by atoms with Gasteiger partial charge in [-0.3, -0.25) is 9.78 Å². The number of nitrogens with two attached hydrogens (primary N) is 1. The first-order valence-corrected chi connectivity index (χ1v) is 6.14. The van der Waals surface area contributed by atoms with Crippen molar-refractivity contribution in [3.63, 3.8) is 0 Å². The molecule has 0 saturated heterocycles. The summed E-state index contributed by atoms with van der Waals surface area (Å²) in [6.07, 6.45) is 1.50. The number of rotatable bonds is 3. The molecule has 19 heavy (non-hydrogen) atoms. The van der Waals surface area contributed by atoms with Gasteiger partial charge in [0.2, 0.25) is 5.91 Å². The average molecular weight is 327 g/mol. The SMILES string of the molecule is NC(=O)C(c1ccc(F)c(F)c1)c1cc(Br)ccn1. The van der Waals surface area contributed by atoms with Crippen LogP contribution >= 0.6 is 15.9 Å². The summed E-state index contributed by atoms with van der Waals surface area (Å²) in [5, 5.41) is 0. The molecule has 0 aliphatic carbocycles. The molecule has 1 heterocycles. The third-order valence-electron chi connectivity index (χ3n) is 2.60. The van der Waals surface area contributed by atoms with Crippen molar-refractivity contribution in [3.05, 3.63) is 63.9 Å². The first kappa shape index (κ1) is 13.6. The van der Waals surface area contributed by atoms with E-state index in [0.717, 1.165) is 12.1 Å². The van der Waals surface area contributed by atoms with Crippen molar-refractivity contribution in [3.8, 4) is 0 Å². The smallest absolute Gasteiger partial charge is 0.231 e. The quantitative estimate of drug-likeness (QED) is 0.942. The van der Waals surface area contributed by atoms with Gasteiger partial charge in [0.15, 0.2) is 11.6 Å². The maximum Gasteiger partial charge on any atom is 0.231 e. The van der Waals surface area contributed by atoms with Crippen LogP contribution in [0.1, 0.15) is 17.2 Å². The lowest BCUT2D eigenvalue weighted by molar-refractivity contribution is -0.118. The van der Waals surface area contributed by atoms with Gasteiger partial charge in [0, 0.05) is 10.7 Å². The fourth-order valence-corrected chi connectivity index (χ4v) is 2.10. The Morgan fingerprint density at radius 1 is 1.21 bits per heavy atom. The summed E-state index contributed by atoms with van der Waals surface area (Å²) < 4.78 is 26.9. The molecular weight excluding hydrogens is 318 g/mol. The molecule has 0 bridgehead atoms. The maximum absolute atomic E-state index is 13.2. The standard InChI is InChI=1S/C13H9BrF2N2O/c14-8-3-4-18-11(6-8)12(13(17)19)7-1-2-9(15)10(16)5-7/h1-6,12H,(H2,17,19). The van der Waals surface area contributed by atoms with E-state index in [4.69, 9.17) is 5.73 Å². The largest absolute Gasteiger partial charge is 0.369 e. The van der Waals surface area contributed by atoms with Crippen LogP contribution in [-0.2, 0) is 4.79 Å². The predicted octanol–water partition coefficient (Wildman–Crippen LogP) is 2.74. The molecule has 0 spiro atoms. The summed E-state index contributed by atoms with van der Waals surface area (Å²) >= 11 is 3.25. The summed E-state index contributed by atoms with van der Waals surface area (Å²) in [5.74, 6) is -3.61. The first-order chi connectivity index (χ1) is 8.99. The first-order valence-electron chi connectivity index (χ1n) is 5.34. The Kier molecular flexibility index (Phi) is 3.90. The van der Waals surface area contributed by atoms with E-state index in [1.54, 1.807) is 12.1 Å². The van der Waals surface area contributed by atoms with Crippen molar-refractivity contribution in [2.45, 2.75) is 5.92 Å². The Balaban J connectivity index is 2.51. The highest BCUT2D eigenvalue weighted by atomic mass is 79.9. The minimum absolute atomic E-state index is 0.261. The fourth-order valence-electron chi connectivity index (χ4n) is 1.75. The van der Waals surface area contributed by atoms with Crippen molar-refractivity contribution in [2.75, 3.05) is 0 Å². The van der Waals surface area contributed by atoms with Crippen LogP contribution in [0, 0.1) is 11.6 Å². The number of pyridine rings is 1. The zero-order valence-electron chi connectivity index (χ0n) is 9.61. The molecule has 2 aromatic rings. The monoisotopic (exact) mass is 326 g/mol. The molecule has 3 nitrogen and oxygen atoms in total. The second-order valence-electron chi connectivity index (χ2n) is 3.91. The van der Waals surface area contributed by atoms with Gasteiger partial charge in [-0.05, 0) is 29.8 Å². The average Bonchev–Trinajstić information content (AvgIpc) is 2.33. The molecular formula is C13H9BrF2N2O. The predicted molar refractivity (Wildman–Crippen MR) is 69.3 cm³/mol. The number of aromatic nitrogens is 1. The number of nitrogens with zero attached hydrogens (tertiary/aromatic N) is 1. The maximum atomic E-state index is 13.2.